The molecule has 156 valence electrons. The highest BCUT2D eigenvalue weighted by molar-refractivity contribution is 6.06. The molecule has 0 fully saturated rings. The number of ether oxygens (including phenoxy) is 1. The third kappa shape index (κ3) is 4.22. The summed E-state index contributed by atoms with van der Waals surface area (Å²) in [6.45, 7) is 3.66. The number of nitrogens with zero attached hydrogens (tertiary/aromatic N) is 2. The summed E-state index contributed by atoms with van der Waals surface area (Å²) in [6, 6.07) is 6.18. The van der Waals surface area contributed by atoms with Crippen molar-refractivity contribution in [2.75, 3.05) is 17.7 Å². The monoisotopic (exact) mass is 411 g/mol. The van der Waals surface area contributed by atoms with Crippen LogP contribution in [-0.2, 0) is 11.3 Å². The average molecular weight is 411 g/mol. The van der Waals surface area contributed by atoms with E-state index in [1.165, 1.54) is 30.9 Å². The van der Waals surface area contributed by atoms with E-state index in [1.54, 1.807) is 18.2 Å². The molecule has 0 atom stereocenters. The molecule has 0 bridgehead atoms. The fraction of sp³-hybridized carbons (Fsp3) is 0.250. The van der Waals surface area contributed by atoms with Gasteiger partial charge < -0.3 is 15.4 Å². The molecule has 0 saturated heterocycles. The van der Waals surface area contributed by atoms with Crippen molar-refractivity contribution in [3.8, 4) is 5.75 Å². The van der Waals surface area contributed by atoms with Crippen LogP contribution < -0.4 is 26.6 Å². The van der Waals surface area contributed by atoms with Gasteiger partial charge in [-0.25, -0.2) is 9.78 Å². The van der Waals surface area contributed by atoms with E-state index in [9.17, 15) is 19.2 Å². The zero-order valence-electron chi connectivity index (χ0n) is 16.7. The van der Waals surface area contributed by atoms with E-state index < -0.39 is 17.2 Å². The summed E-state index contributed by atoms with van der Waals surface area (Å²) in [4.78, 5) is 54.7. The fourth-order valence-corrected chi connectivity index (χ4v) is 3.00. The number of hydrogen-bond donors (Lipinski definition) is 3. The van der Waals surface area contributed by atoms with Gasteiger partial charge in [-0.15, -0.1) is 0 Å². The molecule has 2 amide bonds. The lowest BCUT2D eigenvalue weighted by Crippen LogP contribution is -2.31. The predicted molar refractivity (Wildman–Crippen MR) is 112 cm³/mol. The van der Waals surface area contributed by atoms with Crippen LogP contribution in [-0.4, -0.2) is 33.5 Å². The van der Waals surface area contributed by atoms with Crippen molar-refractivity contribution in [2.45, 2.75) is 26.8 Å². The quantitative estimate of drug-likeness (QED) is 0.565. The number of methoxy groups -OCH3 is 1. The Labute approximate surface area is 170 Å². The third-order valence-electron chi connectivity index (χ3n) is 4.31. The number of carbonyl (C=O) groups is 2. The lowest BCUT2D eigenvalue weighted by atomic mass is 10.2. The van der Waals surface area contributed by atoms with Crippen LogP contribution in [0.25, 0.3) is 11.0 Å². The second-order valence-electron chi connectivity index (χ2n) is 6.56. The first-order valence-electron chi connectivity index (χ1n) is 9.24. The van der Waals surface area contributed by atoms with Crippen LogP contribution in [0.3, 0.4) is 0 Å². The summed E-state index contributed by atoms with van der Waals surface area (Å²) < 4.78 is 6.61. The minimum absolute atomic E-state index is 0.127. The van der Waals surface area contributed by atoms with Crippen molar-refractivity contribution in [1.29, 1.82) is 0 Å². The number of amides is 2. The molecule has 0 aliphatic heterocycles. The summed E-state index contributed by atoms with van der Waals surface area (Å²) in [5.41, 5.74) is -0.00338. The van der Waals surface area contributed by atoms with Crippen LogP contribution in [0.15, 0.2) is 40.1 Å². The average Bonchev–Trinajstić information content (AvgIpc) is 2.70. The molecule has 0 saturated carbocycles. The number of benzene rings is 1. The van der Waals surface area contributed by atoms with Gasteiger partial charge in [0.1, 0.15) is 11.4 Å². The lowest BCUT2D eigenvalue weighted by Gasteiger charge is -2.13. The molecule has 10 heteroatoms. The van der Waals surface area contributed by atoms with Gasteiger partial charge in [0.2, 0.25) is 5.91 Å². The van der Waals surface area contributed by atoms with Crippen LogP contribution in [0, 0.1) is 0 Å². The number of carbonyl (C=O) groups excluding carboxylic acids is 2. The number of hydrogen-bond acceptors (Lipinski definition) is 6. The normalized spacial score (nSPS) is 10.6. The van der Waals surface area contributed by atoms with Crippen LogP contribution >= 0.6 is 0 Å². The minimum Gasteiger partial charge on any atom is -0.495 e. The van der Waals surface area contributed by atoms with Gasteiger partial charge in [-0.2, -0.15) is 0 Å². The van der Waals surface area contributed by atoms with Crippen LogP contribution in [0.1, 0.15) is 30.6 Å². The number of pyridine rings is 1. The molecule has 3 aromatic rings. The van der Waals surface area contributed by atoms with Gasteiger partial charge in [0.05, 0.1) is 23.7 Å². The lowest BCUT2D eigenvalue weighted by molar-refractivity contribution is -0.114. The number of anilines is 2. The third-order valence-corrected chi connectivity index (χ3v) is 4.31. The zero-order valence-corrected chi connectivity index (χ0v) is 16.7. The molecule has 10 nitrogen and oxygen atoms in total. The van der Waals surface area contributed by atoms with Gasteiger partial charge in [-0.3, -0.25) is 23.9 Å². The first-order chi connectivity index (χ1) is 14.3. The summed E-state index contributed by atoms with van der Waals surface area (Å²) in [7, 11) is 1.45. The number of rotatable bonds is 6. The molecule has 2 aromatic heterocycles. The van der Waals surface area contributed by atoms with E-state index in [0.29, 0.717) is 30.1 Å². The molecule has 0 spiro atoms. The van der Waals surface area contributed by atoms with E-state index in [-0.39, 0.29) is 22.5 Å². The van der Waals surface area contributed by atoms with E-state index in [2.05, 4.69) is 20.6 Å². The molecule has 0 radical (unpaired) electrons. The van der Waals surface area contributed by atoms with Crippen molar-refractivity contribution in [3.05, 3.63) is 56.9 Å². The van der Waals surface area contributed by atoms with E-state index >= 15 is 0 Å². The molecule has 0 aliphatic carbocycles. The maximum atomic E-state index is 12.8. The number of aryl methyl sites for hydroxylation is 1. The predicted octanol–water partition coefficient (Wildman–Crippen LogP) is 1.71. The summed E-state index contributed by atoms with van der Waals surface area (Å²) in [6.07, 6.45) is 1.97. The Morgan fingerprint density at radius 2 is 1.97 bits per heavy atom. The number of aromatic nitrogens is 3. The Morgan fingerprint density at radius 1 is 1.20 bits per heavy atom. The fourth-order valence-electron chi connectivity index (χ4n) is 3.00. The Bertz CT molecular complexity index is 1240. The first kappa shape index (κ1) is 20.8. The zero-order chi connectivity index (χ0) is 21.8. The number of fused-ring (bicyclic) bond motifs is 1. The SMILES string of the molecule is CCCn1c(=O)[nH]c(=O)c2cc(C(=O)Nc3cc(NC(C)=O)ccc3OC)cnc21. The molecular formula is C20H21N5O5. The highest BCUT2D eigenvalue weighted by Crippen LogP contribution is 2.28. The second kappa shape index (κ2) is 8.60. The topological polar surface area (TPSA) is 135 Å². The van der Waals surface area contributed by atoms with Crippen molar-refractivity contribution in [2.24, 2.45) is 0 Å². The molecule has 1 aromatic carbocycles. The van der Waals surface area contributed by atoms with Crippen LogP contribution in [0.2, 0.25) is 0 Å². The highest BCUT2D eigenvalue weighted by Gasteiger charge is 2.15. The van der Waals surface area contributed by atoms with Crippen molar-refractivity contribution < 1.29 is 14.3 Å². The standard InChI is InChI=1S/C20H21N5O5/c1-4-7-25-17-14(19(28)24-20(25)29)8-12(10-21-17)18(27)23-15-9-13(22-11(2)26)5-6-16(15)30-3/h5-6,8-10H,4,7H2,1-3H3,(H,22,26)(H,23,27)(H,24,28,29). The second-order valence-corrected chi connectivity index (χ2v) is 6.56. The largest absolute Gasteiger partial charge is 0.495 e. The maximum Gasteiger partial charge on any atom is 0.329 e. The van der Waals surface area contributed by atoms with Gasteiger partial charge in [-0.1, -0.05) is 6.92 Å². The minimum atomic E-state index is -0.616. The van der Waals surface area contributed by atoms with Crippen molar-refractivity contribution >= 4 is 34.2 Å². The Hall–Kier alpha value is -3.95. The summed E-state index contributed by atoms with van der Waals surface area (Å²) in [5.74, 6) is -0.398. The molecular weight excluding hydrogens is 390 g/mol. The van der Waals surface area contributed by atoms with Crippen LogP contribution in [0.4, 0.5) is 11.4 Å². The van der Waals surface area contributed by atoms with Crippen LogP contribution in [0.5, 0.6) is 5.75 Å². The molecule has 3 rings (SSSR count). The highest BCUT2D eigenvalue weighted by atomic mass is 16.5. The van der Waals surface area contributed by atoms with Gasteiger partial charge in [-0.05, 0) is 30.7 Å². The molecule has 3 N–H and O–H groups in total. The molecule has 2 heterocycles. The molecule has 0 aliphatic rings. The van der Waals surface area contributed by atoms with E-state index in [1.807, 2.05) is 6.92 Å². The first-order valence-corrected chi connectivity index (χ1v) is 9.24. The Morgan fingerprint density at radius 3 is 2.63 bits per heavy atom. The number of H-pyrrole nitrogens is 1. The molecule has 0 unspecified atom stereocenters. The Kier molecular flexibility index (Phi) is 5.95. The summed E-state index contributed by atoms with van der Waals surface area (Å²) >= 11 is 0. The van der Waals surface area contributed by atoms with Gasteiger partial charge in [0.25, 0.3) is 11.5 Å². The molecule has 30 heavy (non-hydrogen) atoms. The number of nitrogens with one attached hydrogen (secondary N) is 3. The van der Waals surface area contributed by atoms with Crippen molar-refractivity contribution in [1.82, 2.24) is 14.5 Å². The van der Waals surface area contributed by atoms with Gasteiger partial charge in [0, 0.05) is 25.4 Å². The van der Waals surface area contributed by atoms with E-state index in [4.69, 9.17) is 4.74 Å². The van der Waals surface area contributed by atoms with Crippen molar-refractivity contribution in [3.63, 3.8) is 0 Å². The smallest absolute Gasteiger partial charge is 0.329 e. The maximum absolute atomic E-state index is 12.8. The Balaban J connectivity index is 1.99. The van der Waals surface area contributed by atoms with E-state index in [0.717, 1.165) is 0 Å². The summed E-state index contributed by atoms with van der Waals surface area (Å²) in [5, 5.41) is 5.45. The van der Waals surface area contributed by atoms with Gasteiger partial charge >= 0.3 is 5.69 Å². The van der Waals surface area contributed by atoms with Gasteiger partial charge in [0.15, 0.2) is 0 Å². The number of aromatic amines is 1.